The van der Waals surface area contributed by atoms with Crippen molar-refractivity contribution < 1.29 is 9.53 Å². The van der Waals surface area contributed by atoms with Crippen LogP contribution in [-0.2, 0) is 4.79 Å². The monoisotopic (exact) mass is 285 g/mol. The average Bonchev–Trinajstić information content (AvgIpc) is 2.53. The number of nitriles is 1. The molecule has 0 unspecified atom stereocenters. The standard InChI is InChI=1S/C16H19N3O2/c1-18-7-9-19(10-8-18)16(20)14(12-17)11-13-5-3-4-6-15(13)21-2/h3-6,11H,7-10H2,1-2H3/b14-11+. The van der Waals surface area contributed by atoms with Crippen LogP contribution in [0.15, 0.2) is 29.8 Å². The second-order valence-corrected chi connectivity index (χ2v) is 5.01. The van der Waals surface area contributed by atoms with Crippen LogP contribution in [0.3, 0.4) is 0 Å². The normalized spacial score (nSPS) is 16.4. The van der Waals surface area contributed by atoms with Gasteiger partial charge < -0.3 is 14.5 Å². The zero-order valence-electron chi connectivity index (χ0n) is 12.4. The zero-order valence-corrected chi connectivity index (χ0v) is 12.4. The summed E-state index contributed by atoms with van der Waals surface area (Å²) in [6.07, 6.45) is 1.60. The Morgan fingerprint density at radius 2 is 1.95 bits per heavy atom. The topological polar surface area (TPSA) is 56.6 Å². The smallest absolute Gasteiger partial charge is 0.264 e. The molecule has 1 heterocycles. The first-order valence-corrected chi connectivity index (χ1v) is 6.88. The van der Waals surface area contributed by atoms with Gasteiger partial charge in [0.25, 0.3) is 5.91 Å². The van der Waals surface area contributed by atoms with Gasteiger partial charge in [0, 0.05) is 31.7 Å². The molecule has 2 rings (SSSR count). The van der Waals surface area contributed by atoms with E-state index < -0.39 is 0 Å². The van der Waals surface area contributed by atoms with Crippen LogP contribution in [0.2, 0.25) is 0 Å². The highest BCUT2D eigenvalue weighted by molar-refractivity contribution is 6.02. The quantitative estimate of drug-likeness (QED) is 0.622. The van der Waals surface area contributed by atoms with Crippen molar-refractivity contribution in [3.8, 4) is 11.8 Å². The summed E-state index contributed by atoms with van der Waals surface area (Å²) in [5.41, 5.74) is 0.878. The van der Waals surface area contributed by atoms with Crippen LogP contribution in [0.5, 0.6) is 5.75 Å². The maximum absolute atomic E-state index is 12.4. The number of para-hydroxylation sites is 1. The molecule has 21 heavy (non-hydrogen) atoms. The summed E-state index contributed by atoms with van der Waals surface area (Å²) in [4.78, 5) is 16.3. The highest BCUT2D eigenvalue weighted by atomic mass is 16.5. The number of rotatable bonds is 3. The molecule has 5 heteroatoms. The molecule has 0 N–H and O–H groups in total. The highest BCUT2D eigenvalue weighted by Crippen LogP contribution is 2.21. The predicted octanol–water partition coefficient (Wildman–Crippen LogP) is 1.38. The van der Waals surface area contributed by atoms with Gasteiger partial charge in [-0.15, -0.1) is 0 Å². The number of ether oxygens (including phenoxy) is 1. The number of piperazine rings is 1. The molecule has 0 aliphatic carbocycles. The van der Waals surface area contributed by atoms with Gasteiger partial charge in [0.1, 0.15) is 17.4 Å². The number of amides is 1. The molecular formula is C16H19N3O2. The van der Waals surface area contributed by atoms with Gasteiger partial charge in [0.2, 0.25) is 0 Å². The molecule has 0 aromatic heterocycles. The lowest BCUT2D eigenvalue weighted by molar-refractivity contribution is -0.128. The third-order valence-corrected chi connectivity index (χ3v) is 3.58. The molecule has 110 valence electrons. The molecule has 1 amide bonds. The first-order chi connectivity index (χ1) is 10.2. The SMILES string of the molecule is COc1ccccc1/C=C(\C#N)C(=O)N1CCN(C)CC1. The Kier molecular flexibility index (Phi) is 4.96. The van der Waals surface area contributed by atoms with Gasteiger partial charge in [0.05, 0.1) is 7.11 Å². The number of likely N-dealkylation sites (N-methyl/N-ethyl adjacent to an activating group) is 1. The first-order valence-electron chi connectivity index (χ1n) is 6.88. The lowest BCUT2D eigenvalue weighted by Crippen LogP contribution is -2.47. The number of nitrogens with zero attached hydrogens (tertiary/aromatic N) is 3. The zero-order chi connectivity index (χ0) is 15.2. The second-order valence-electron chi connectivity index (χ2n) is 5.01. The maximum atomic E-state index is 12.4. The van der Waals surface area contributed by atoms with Crippen molar-refractivity contribution in [3.05, 3.63) is 35.4 Å². The summed E-state index contributed by atoms with van der Waals surface area (Å²) >= 11 is 0. The van der Waals surface area contributed by atoms with E-state index in [0.717, 1.165) is 18.7 Å². The van der Waals surface area contributed by atoms with Crippen LogP contribution in [0, 0.1) is 11.3 Å². The molecule has 0 spiro atoms. The number of hydrogen-bond acceptors (Lipinski definition) is 4. The average molecular weight is 285 g/mol. The molecular weight excluding hydrogens is 266 g/mol. The fourth-order valence-electron chi connectivity index (χ4n) is 2.26. The van der Waals surface area contributed by atoms with E-state index in [1.807, 2.05) is 31.3 Å². The summed E-state index contributed by atoms with van der Waals surface area (Å²) in [6, 6.07) is 9.35. The summed E-state index contributed by atoms with van der Waals surface area (Å²) in [7, 11) is 3.60. The number of methoxy groups -OCH3 is 1. The van der Waals surface area contributed by atoms with E-state index in [2.05, 4.69) is 4.90 Å². The van der Waals surface area contributed by atoms with E-state index in [4.69, 9.17) is 4.74 Å². The van der Waals surface area contributed by atoms with Gasteiger partial charge in [-0.2, -0.15) is 5.26 Å². The van der Waals surface area contributed by atoms with Gasteiger partial charge in [-0.05, 0) is 19.2 Å². The van der Waals surface area contributed by atoms with Crippen molar-refractivity contribution in [2.75, 3.05) is 40.3 Å². The minimum absolute atomic E-state index is 0.143. The minimum atomic E-state index is -0.212. The molecule has 0 radical (unpaired) electrons. The van der Waals surface area contributed by atoms with E-state index in [1.54, 1.807) is 24.2 Å². The van der Waals surface area contributed by atoms with Crippen LogP contribution in [0.1, 0.15) is 5.56 Å². The van der Waals surface area contributed by atoms with E-state index >= 15 is 0 Å². The van der Waals surface area contributed by atoms with Crippen molar-refractivity contribution in [2.45, 2.75) is 0 Å². The number of benzene rings is 1. The van der Waals surface area contributed by atoms with Crippen LogP contribution < -0.4 is 4.74 Å². The molecule has 1 aliphatic rings. The largest absolute Gasteiger partial charge is 0.496 e. The third-order valence-electron chi connectivity index (χ3n) is 3.58. The molecule has 5 nitrogen and oxygen atoms in total. The second kappa shape index (κ2) is 6.91. The molecule has 0 saturated carbocycles. The van der Waals surface area contributed by atoms with Gasteiger partial charge in [-0.1, -0.05) is 18.2 Å². The van der Waals surface area contributed by atoms with E-state index in [-0.39, 0.29) is 11.5 Å². The van der Waals surface area contributed by atoms with Gasteiger partial charge >= 0.3 is 0 Å². The summed E-state index contributed by atoms with van der Waals surface area (Å²) in [5.74, 6) is 0.438. The van der Waals surface area contributed by atoms with Crippen LogP contribution in [0.25, 0.3) is 6.08 Å². The molecule has 1 aliphatic heterocycles. The fraction of sp³-hybridized carbons (Fsp3) is 0.375. The Hall–Kier alpha value is -2.32. The van der Waals surface area contributed by atoms with Crippen LogP contribution in [-0.4, -0.2) is 56.0 Å². The predicted molar refractivity (Wildman–Crippen MR) is 80.7 cm³/mol. The summed E-state index contributed by atoms with van der Waals surface area (Å²) < 4.78 is 5.24. The van der Waals surface area contributed by atoms with Crippen molar-refractivity contribution in [2.24, 2.45) is 0 Å². The van der Waals surface area contributed by atoms with E-state index in [0.29, 0.717) is 18.8 Å². The maximum Gasteiger partial charge on any atom is 0.264 e. The molecule has 1 aromatic rings. The third kappa shape index (κ3) is 3.61. The molecule has 1 fully saturated rings. The Morgan fingerprint density at radius 1 is 1.29 bits per heavy atom. The van der Waals surface area contributed by atoms with Crippen LogP contribution >= 0.6 is 0 Å². The Bertz CT molecular complexity index is 581. The molecule has 0 bridgehead atoms. The van der Waals surface area contributed by atoms with Crippen molar-refractivity contribution >= 4 is 12.0 Å². The Labute approximate surface area is 125 Å². The molecule has 1 saturated heterocycles. The van der Waals surface area contributed by atoms with Crippen molar-refractivity contribution in [1.82, 2.24) is 9.80 Å². The Morgan fingerprint density at radius 3 is 2.57 bits per heavy atom. The molecule has 0 atom stereocenters. The number of hydrogen-bond donors (Lipinski definition) is 0. The van der Waals surface area contributed by atoms with E-state index in [1.165, 1.54) is 0 Å². The summed E-state index contributed by atoms with van der Waals surface area (Å²) in [6.45, 7) is 2.97. The van der Waals surface area contributed by atoms with E-state index in [9.17, 15) is 10.1 Å². The number of carbonyl (C=O) groups excluding carboxylic acids is 1. The summed E-state index contributed by atoms with van der Waals surface area (Å²) in [5, 5.41) is 9.29. The highest BCUT2D eigenvalue weighted by Gasteiger charge is 2.22. The van der Waals surface area contributed by atoms with Crippen molar-refractivity contribution in [1.29, 1.82) is 5.26 Å². The van der Waals surface area contributed by atoms with Crippen molar-refractivity contribution in [3.63, 3.8) is 0 Å². The minimum Gasteiger partial charge on any atom is -0.496 e. The van der Waals surface area contributed by atoms with Gasteiger partial charge in [0.15, 0.2) is 0 Å². The number of carbonyl (C=O) groups is 1. The van der Waals surface area contributed by atoms with Gasteiger partial charge in [-0.25, -0.2) is 0 Å². The fourth-order valence-corrected chi connectivity index (χ4v) is 2.26. The van der Waals surface area contributed by atoms with Gasteiger partial charge in [-0.3, -0.25) is 4.79 Å². The first kappa shape index (κ1) is 15.1. The lowest BCUT2D eigenvalue weighted by atomic mass is 10.1. The molecule has 1 aromatic carbocycles. The van der Waals surface area contributed by atoms with Crippen LogP contribution in [0.4, 0.5) is 0 Å². The Balaban J connectivity index is 2.21. The lowest BCUT2D eigenvalue weighted by Gasteiger charge is -2.32.